The average molecular weight is 441 g/mol. The Hall–Kier alpha value is -3.11. The zero-order chi connectivity index (χ0) is 22.3. The van der Waals surface area contributed by atoms with Crippen LogP contribution in [-0.2, 0) is 16.0 Å². The van der Waals surface area contributed by atoms with Gasteiger partial charge in [-0.3, -0.25) is 4.79 Å². The average Bonchev–Trinajstić information content (AvgIpc) is 2.87. The van der Waals surface area contributed by atoms with Gasteiger partial charge in [-0.15, -0.1) is 0 Å². The number of quaternary nitrogens is 1. The van der Waals surface area contributed by atoms with Crippen LogP contribution >= 0.6 is 0 Å². The van der Waals surface area contributed by atoms with Gasteiger partial charge in [-0.25, -0.2) is 0 Å². The maximum absolute atomic E-state index is 13.7. The summed E-state index contributed by atoms with van der Waals surface area (Å²) >= 11 is 0. The van der Waals surface area contributed by atoms with Crippen LogP contribution in [0.2, 0.25) is 0 Å². The number of rotatable bonds is 5. The van der Waals surface area contributed by atoms with Crippen molar-refractivity contribution in [3.63, 3.8) is 0 Å². The van der Waals surface area contributed by atoms with Crippen molar-refractivity contribution in [2.24, 2.45) is 0 Å². The molecular weight excluding hydrogens is 410 g/mol. The van der Waals surface area contributed by atoms with Crippen LogP contribution in [0, 0.1) is 0 Å². The summed E-state index contributed by atoms with van der Waals surface area (Å²) in [4.78, 5) is 13.7. The lowest BCUT2D eigenvalue weighted by Crippen LogP contribution is -2.65. The highest BCUT2D eigenvalue weighted by atomic mass is 16.6. The minimum Gasteiger partial charge on any atom is -0.458 e. The first-order chi connectivity index (χ1) is 16.2. The third-order valence-electron chi connectivity index (χ3n) is 8.08. The van der Waals surface area contributed by atoms with Crippen LogP contribution in [0.5, 0.6) is 11.5 Å². The van der Waals surface area contributed by atoms with Gasteiger partial charge in [-0.2, -0.15) is 0 Å². The Bertz CT molecular complexity index is 1100. The van der Waals surface area contributed by atoms with Gasteiger partial charge in [0.1, 0.15) is 23.0 Å². The molecule has 7 rings (SSSR count). The molecule has 0 saturated carbocycles. The highest BCUT2D eigenvalue weighted by Crippen LogP contribution is 2.47. The highest BCUT2D eigenvalue weighted by molar-refractivity contribution is 5.85. The van der Waals surface area contributed by atoms with Gasteiger partial charge >= 0.3 is 5.97 Å². The van der Waals surface area contributed by atoms with Crippen molar-refractivity contribution in [3.05, 3.63) is 95.6 Å². The molecule has 3 saturated heterocycles. The smallest absolute Gasteiger partial charge is 0.318 e. The summed E-state index contributed by atoms with van der Waals surface area (Å²) in [6.07, 6.45) is 3.99. The van der Waals surface area contributed by atoms with Gasteiger partial charge in [-0.05, 0) is 17.7 Å². The quantitative estimate of drug-likeness (QED) is 0.390. The number of ether oxygens (including phenoxy) is 2. The first-order valence-electron chi connectivity index (χ1n) is 12.1. The molecule has 0 aromatic heterocycles. The van der Waals surface area contributed by atoms with Gasteiger partial charge < -0.3 is 14.0 Å². The van der Waals surface area contributed by atoms with Crippen LogP contribution in [0.1, 0.15) is 41.9 Å². The summed E-state index contributed by atoms with van der Waals surface area (Å²) < 4.78 is 13.7. The molecule has 0 N–H and O–H groups in total. The van der Waals surface area contributed by atoms with Crippen molar-refractivity contribution >= 4 is 5.97 Å². The van der Waals surface area contributed by atoms with Crippen LogP contribution in [0.4, 0.5) is 0 Å². The monoisotopic (exact) mass is 440 g/mol. The molecule has 0 radical (unpaired) electrons. The van der Waals surface area contributed by atoms with Gasteiger partial charge in [0.2, 0.25) is 0 Å². The van der Waals surface area contributed by atoms with Gasteiger partial charge in [-0.1, -0.05) is 66.7 Å². The van der Waals surface area contributed by atoms with Gasteiger partial charge in [0.15, 0.2) is 0 Å². The number of carbonyl (C=O) groups excluding carboxylic acids is 1. The maximum atomic E-state index is 13.7. The Morgan fingerprint density at radius 2 is 1.36 bits per heavy atom. The van der Waals surface area contributed by atoms with E-state index in [1.807, 2.05) is 48.5 Å². The lowest BCUT2D eigenvalue weighted by Gasteiger charge is -2.54. The van der Waals surface area contributed by atoms with Gasteiger partial charge in [0.25, 0.3) is 0 Å². The molecule has 2 bridgehead atoms. The molecule has 0 aliphatic carbocycles. The summed E-state index contributed by atoms with van der Waals surface area (Å²) in [5.41, 5.74) is 2.90. The van der Waals surface area contributed by atoms with E-state index in [4.69, 9.17) is 9.47 Å². The van der Waals surface area contributed by atoms with Crippen molar-refractivity contribution < 1.29 is 18.8 Å². The normalized spacial score (nSPS) is 25.6. The SMILES string of the molecule is O=C(OC12CC[N+](CCc3ccccc3)(CC1)CC2)C1c2ccccc2Oc2ccccc21. The second-order valence-electron chi connectivity index (χ2n) is 9.94. The van der Waals surface area contributed by atoms with Crippen LogP contribution in [0.25, 0.3) is 0 Å². The number of nitrogens with zero attached hydrogens (tertiary/aromatic N) is 1. The molecule has 3 aromatic rings. The lowest BCUT2D eigenvalue weighted by molar-refractivity contribution is -0.944. The van der Waals surface area contributed by atoms with E-state index >= 15 is 0 Å². The number of hydrogen-bond acceptors (Lipinski definition) is 3. The van der Waals surface area contributed by atoms with Crippen LogP contribution in [0.15, 0.2) is 78.9 Å². The zero-order valence-electron chi connectivity index (χ0n) is 18.9. The molecule has 168 valence electrons. The third-order valence-corrected chi connectivity index (χ3v) is 8.08. The fourth-order valence-electron chi connectivity index (χ4n) is 5.97. The lowest BCUT2D eigenvalue weighted by atomic mass is 9.80. The maximum Gasteiger partial charge on any atom is 0.318 e. The summed E-state index contributed by atoms with van der Waals surface area (Å²) in [5.74, 6) is 0.935. The second-order valence-corrected chi connectivity index (χ2v) is 9.94. The standard InChI is InChI=1S/C29H30NO3/c31-28(27-23-10-4-6-12-25(23)32-26-13-7-5-11-24(26)27)33-29-15-19-30(20-16-29,21-17-29)18-14-22-8-2-1-3-9-22/h1-13,27H,14-21H2/q+1. The first kappa shape index (κ1) is 20.5. The Kier molecular flexibility index (Phi) is 4.99. The minimum absolute atomic E-state index is 0.135. The number of para-hydroxylation sites is 2. The Morgan fingerprint density at radius 1 is 0.818 bits per heavy atom. The fourth-order valence-corrected chi connectivity index (χ4v) is 5.97. The molecule has 3 fully saturated rings. The number of fused-ring (bicyclic) bond motifs is 5. The molecule has 0 spiro atoms. The van der Waals surface area contributed by atoms with E-state index in [9.17, 15) is 4.79 Å². The van der Waals surface area contributed by atoms with E-state index in [0.717, 1.165) is 72.4 Å². The van der Waals surface area contributed by atoms with Crippen molar-refractivity contribution in [1.82, 2.24) is 0 Å². The van der Waals surface area contributed by atoms with E-state index in [-0.39, 0.29) is 11.6 Å². The van der Waals surface area contributed by atoms with Crippen molar-refractivity contribution in [3.8, 4) is 11.5 Å². The first-order valence-corrected chi connectivity index (χ1v) is 12.1. The molecule has 4 nitrogen and oxygen atoms in total. The third kappa shape index (κ3) is 3.72. The van der Waals surface area contributed by atoms with Crippen molar-refractivity contribution in [2.75, 3.05) is 26.2 Å². The number of benzene rings is 3. The number of carbonyl (C=O) groups is 1. The van der Waals surface area contributed by atoms with E-state index < -0.39 is 5.92 Å². The van der Waals surface area contributed by atoms with Crippen LogP contribution < -0.4 is 4.74 Å². The van der Waals surface area contributed by atoms with Gasteiger partial charge in [0, 0.05) is 36.8 Å². The fraction of sp³-hybridized carbons (Fsp3) is 0.345. The highest BCUT2D eigenvalue weighted by Gasteiger charge is 2.52. The van der Waals surface area contributed by atoms with E-state index in [1.165, 1.54) is 12.1 Å². The molecule has 4 aliphatic rings. The molecule has 3 aromatic carbocycles. The summed E-state index contributed by atoms with van der Waals surface area (Å²) in [6, 6.07) is 26.4. The largest absolute Gasteiger partial charge is 0.458 e. The summed E-state index contributed by atoms with van der Waals surface area (Å²) in [7, 11) is 0. The molecule has 4 heteroatoms. The predicted octanol–water partition coefficient (Wildman–Crippen LogP) is 5.46. The minimum atomic E-state index is -0.429. The Balaban J connectivity index is 1.18. The van der Waals surface area contributed by atoms with Crippen molar-refractivity contribution in [1.29, 1.82) is 0 Å². The molecule has 0 atom stereocenters. The number of esters is 1. The van der Waals surface area contributed by atoms with Gasteiger partial charge in [0.05, 0.1) is 26.2 Å². The Morgan fingerprint density at radius 3 is 1.97 bits per heavy atom. The molecule has 0 amide bonds. The Labute approximate surface area is 195 Å². The van der Waals surface area contributed by atoms with E-state index in [1.54, 1.807) is 0 Å². The molecule has 4 heterocycles. The topological polar surface area (TPSA) is 35.5 Å². The molecule has 0 unspecified atom stereocenters. The molecular formula is C29H30NO3+. The van der Waals surface area contributed by atoms with Crippen LogP contribution in [-0.4, -0.2) is 42.2 Å². The summed E-state index contributed by atoms with van der Waals surface area (Å²) in [6.45, 7) is 4.47. The zero-order valence-corrected chi connectivity index (χ0v) is 18.9. The molecule has 33 heavy (non-hydrogen) atoms. The number of piperidine rings is 3. The second kappa shape index (κ2) is 8.03. The van der Waals surface area contributed by atoms with E-state index in [2.05, 4.69) is 30.3 Å². The van der Waals surface area contributed by atoms with Crippen molar-refractivity contribution in [2.45, 2.75) is 37.2 Å². The number of hydrogen-bond donors (Lipinski definition) is 0. The summed E-state index contributed by atoms with van der Waals surface area (Å²) in [5, 5.41) is 0. The predicted molar refractivity (Wildman–Crippen MR) is 127 cm³/mol. The van der Waals surface area contributed by atoms with Crippen LogP contribution in [0.3, 0.4) is 0 Å². The van der Waals surface area contributed by atoms with E-state index in [0.29, 0.717) is 0 Å². The molecule has 4 aliphatic heterocycles.